The summed E-state index contributed by atoms with van der Waals surface area (Å²) < 4.78 is 4.72. The number of methoxy groups -OCH3 is 1. The van der Waals surface area contributed by atoms with E-state index in [1.54, 1.807) is 0 Å². The maximum Gasteiger partial charge on any atom is 0.335 e. The summed E-state index contributed by atoms with van der Waals surface area (Å²) >= 11 is 5.84. The van der Waals surface area contributed by atoms with Crippen molar-refractivity contribution in [2.45, 2.75) is 13.0 Å². The molecule has 0 spiro atoms. The van der Waals surface area contributed by atoms with Crippen molar-refractivity contribution < 1.29 is 9.53 Å². The lowest BCUT2D eigenvalue weighted by atomic mass is 10.1. The molecule has 1 aromatic carbocycles. The molecule has 0 unspecified atom stereocenters. The number of halogens is 1. The molecule has 94 valence electrons. The molecule has 0 atom stereocenters. The fraction of sp³-hybridized carbons (Fsp3) is 0.214. The van der Waals surface area contributed by atoms with E-state index in [0.717, 1.165) is 10.6 Å². The Labute approximate surface area is 111 Å². The van der Waals surface area contributed by atoms with Crippen molar-refractivity contribution in [2.24, 2.45) is 0 Å². The second kappa shape index (κ2) is 5.74. The maximum atomic E-state index is 11.4. The lowest BCUT2D eigenvalue weighted by Crippen LogP contribution is -2.16. The second-order valence-corrected chi connectivity index (χ2v) is 4.47. The summed E-state index contributed by atoms with van der Waals surface area (Å²) in [6.45, 7) is 0.703. The van der Waals surface area contributed by atoms with Crippen LogP contribution in [0, 0.1) is 0 Å². The molecule has 3 nitrogen and oxygen atoms in total. The van der Waals surface area contributed by atoms with E-state index >= 15 is 0 Å². The third-order valence-corrected chi connectivity index (χ3v) is 2.93. The molecule has 1 aliphatic heterocycles. The summed E-state index contributed by atoms with van der Waals surface area (Å²) in [7, 11) is 1.39. The molecule has 0 saturated carbocycles. The first kappa shape index (κ1) is 12.7. The third kappa shape index (κ3) is 3.14. The maximum absolute atomic E-state index is 11.4. The van der Waals surface area contributed by atoms with Gasteiger partial charge in [0.25, 0.3) is 0 Å². The van der Waals surface area contributed by atoms with Gasteiger partial charge in [-0.2, -0.15) is 0 Å². The molecular formula is C14H14ClNO2. The van der Waals surface area contributed by atoms with E-state index in [9.17, 15) is 4.79 Å². The van der Waals surface area contributed by atoms with Gasteiger partial charge < -0.3 is 9.64 Å². The molecule has 1 heterocycles. The Hall–Kier alpha value is -1.74. The van der Waals surface area contributed by atoms with Crippen LogP contribution in [0.15, 0.2) is 48.3 Å². The minimum atomic E-state index is -0.277. The molecule has 0 amide bonds. The Kier molecular flexibility index (Phi) is 4.05. The predicted octanol–water partition coefficient (Wildman–Crippen LogP) is 3.12. The highest BCUT2D eigenvalue weighted by atomic mass is 35.5. The number of carbonyl (C=O) groups excluding carboxylic acids is 1. The van der Waals surface area contributed by atoms with Crippen molar-refractivity contribution in [1.29, 1.82) is 0 Å². The fourth-order valence-electron chi connectivity index (χ4n) is 1.78. The van der Waals surface area contributed by atoms with Crippen molar-refractivity contribution in [2.75, 3.05) is 7.11 Å². The zero-order valence-corrected chi connectivity index (χ0v) is 10.9. The summed E-state index contributed by atoms with van der Waals surface area (Å²) in [5.41, 5.74) is 1.79. The van der Waals surface area contributed by atoms with Crippen molar-refractivity contribution in [3.8, 4) is 0 Å². The fourth-order valence-corrected chi connectivity index (χ4v) is 1.90. The lowest BCUT2D eigenvalue weighted by Gasteiger charge is -2.20. The second-order valence-electron chi connectivity index (χ2n) is 4.03. The number of esters is 1. The van der Waals surface area contributed by atoms with E-state index in [0.29, 0.717) is 18.5 Å². The largest absolute Gasteiger partial charge is 0.466 e. The lowest BCUT2D eigenvalue weighted by molar-refractivity contribution is -0.136. The van der Waals surface area contributed by atoms with Crippen LogP contribution in [0.2, 0.25) is 5.02 Å². The van der Waals surface area contributed by atoms with Gasteiger partial charge in [-0.15, -0.1) is 0 Å². The molecule has 1 aromatic rings. The van der Waals surface area contributed by atoms with E-state index in [1.165, 1.54) is 7.11 Å². The molecule has 2 rings (SSSR count). The number of allylic oxidation sites excluding steroid dienone is 1. The Morgan fingerprint density at radius 2 is 2.11 bits per heavy atom. The quantitative estimate of drug-likeness (QED) is 0.785. The van der Waals surface area contributed by atoms with Gasteiger partial charge in [0.2, 0.25) is 0 Å². The molecule has 1 aliphatic rings. The Balaban J connectivity index is 2.07. The van der Waals surface area contributed by atoms with Crippen LogP contribution in [-0.4, -0.2) is 18.0 Å². The minimum absolute atomic E-state index is 0.277. The van der Waals surface area contributed by atoms with Gasteiger partial charge in [-0.3, -0.25) is 0 Å². The van der Waals surface area contributed by atoms with E-state index in [2.05, 4.69) is 0 Å². The van der Waals surface area contributed by atoms with Crippen molar-refractivity contribution in [3.63, 3.8) is 0 Å². The molecule has 4 heteroatoms. The molecule has 0 radical (unpaired) electrons. The molecular weight excluding hydrogens is 250 g/mol. The van der Waals surface area contributed by atoms with Crippen LogP contribution >= 0.6 is 11.6 Å². The minimum Gasteiger partial charge on any atom is -0.466 e. The van der Waals surface area contributed by atoms with Crippen LogP contribution < -0.4 is 0 Å². The number of carbonyl (C=O) groups is 1. The Morgan fingerprint density at radius 1 is 1.39 bits per heavy atom. The zero-order chi connectivity index (χ0) is 13.0. The smallest absolute Gasteiger partial charge is 0.335 e. The van der Waals surface area contributed by atoms with Crippen LogP contribution in [0.1, 0.15) is 12.0 Å². The van der Waals surface area contributed by atoms with Crippen LogP contribution in [0.3, 0.4) is 0 Å². The van der Waals surface area contributed by atoms with Gasteiger partial charge in [-0.05, 0) is 17.7 Å². The monoisotopic (exact) mass is 263 g/mol. The first-order valence-corrected chi connectivity index (χ1v) is 6.02. The first-order valence-electron chi connectivity index (χ1n) is 5.65. The number of benzene rings is 1. The number of ether oxygens (including phenoxy) is 1. The number of hydrogen-bond acceptors (Lipinski definition) is 3. The van der Waals surface area contributed by atoms with E-state index in [1.807, 2.05) is 47.6 Å². The molecule has 0 bridgehead atoms. The summed E-state index contributed by atoms with van der Waals surface area (Å²) in [4.78, 5) is 13.4. The summed E-state index contributed by atoms with van der Waals surface area (Å²) in [6.07, 6.45) is 6.34. The predicted molar refractivity (Wildman–Crippen MR) is 70.9 cm³/mol. The SMILES string of the molecule is COC(=O)C1=CN(Cc2ccc(Cl)cc2)C=CC1. The van der Waals surface area contributed by atoms with Crippen molar-refractivity contribution in [1.82, 2.24) is 4.90 Å². The van der Waals surface area contributed by atoms with E-state index < -0.39 is 0 Å². The van der Waals surface area contributed by atoms with Gasteiger partial charge in [-0.25, -0.2) is 4.79 Å². The van der Waals surface area contributed by atoms with Gasteiger partial charge in [-0.1, -0.05) is 29.8 Å². The normalized spacial score (nSPS) is 14.3. The van der Waals surface area contributed by atoms with Crippen LogP contribution in [-0.2, 0) is 16.1 Å². The van der Waals surface area contributed by atoms with Gasteiger partial charge in [0.05, 0.1) is 12.7 Å². The highest BCUT2D eigenvalue weighted by Gasteiger charge is 2.13. The van der Waals surface area contributed by atoms with Crippen molar-refractivity contribution >= 4 is 17.6 Å². The standard InChI is InChI=1S/C14H14ClNO2/c1-18-14(17)12-3-2-8-16(10-12)9-11-4-6-13(15)7-5-11/h2,4-8,10H,3,9H2,1H3. The number of hydrogen-bond donors (Lipinski definition) is 0. The van der Waals surface area contributed by atoms with Crippen molar-refractivity contribution in [3.05, 3.63) is 58.9 Å². The topological polar surface area (TPSA) is 29.5 Å². The molecule has 0 aromatic heterocycles. The van der Waals surface area contributed by atoms with Gasteiger partial charge >= 0.3 is 5.97 Å². The van der Waals surface area contributed by atoms with Crippen LogP contribution in [0.5, 0.6) is 0 Å². The number of rotatable bonds is 3. The molecule has 0 fully saturated rings. The van der Waals surface area contributed by atoms with Crippen LogP contribution in [0.4, 0.5) is 0 Å². The highest BCUT2D eigenvalue weighted by Crippen LogP contribution is 2.17. The first-order chi connectivity index (χ1) is 8.69. The molecule has 0 saturated heterocycles. The highest BCUT2D eigenvalue weighted by molar-refractivity contribution is 6.30. The average molecular weight is 264 g/mol. The Morgan fingerprint density at radius 3 is 2.78 bits per heavy atom. The van der Waals surface area contributed by atoms with Gasteiger partial charge in [0.1, 0.15) is 0 Å². The summed E-state index contributed by atoms with van der Waals surface area (Å²) in [5.74, 6) is -0.277. The van der Waals surface area contributed by atoms with Crippen LogP contribution in [0.25, 0.3) is 0 Å². The van der Waals surface area contributed by atoms with Gasteiger partial charge in [0.15, 0.2) is 0 Å². The van der Waals surface area contributed by atoms with E-state index in [-0.39, 0.29) is 5.97 Å². The third-order valence-electron chi connectivity index (χ3n) is 2.68. The molecule has 0 N–H and O–H groups in total. The summed E-state index contributed by atoms with van der Waals surface area (Å²) in [6, 6.07) is 7.65. The zero-order valence-electron chi connectivity index (χ0n) is 10.1. The Bertz CT molecular complexity index is 491. The molecule has 0 aliphatic carbocycles. The number of nitrogens with zero attached hydrogens (tertiary/aromatic N) is 1. The van der Waals surface area contributed by atoms with Gasteiger partial charge in [0, 0.05) is 30.4 Å². The average Bonchev–Trinajstić information content (AvgIpc) is 2.41. The molecule has 18 heavy (non-hydrogen) atoms. The summed E-state index contributed by atoms with van der Waals surface area (Å²) in [5, 5.41) is 0.721. The van der Waals surface area contributed by atoms with E-state index in [4.69, 9.17) is 16.3 Å².